The SMILES string of the molecule is O=Cc1c(C(=O)O)cc2ccccc2c1C(=O)O. The molecule has 0 aliphatic carbocycles. The normalized spacial score (nSPS) is 10.2. The molecule has 0 aliphatic rings. The van der Waals surface area contributed by atoms with Crippen molar-refractivity contribution in [3.63, 3.8) is 0 Å². The molecule has 90 valence electrons. The molecule has 5 nitrogen and oxygen atoms in total. The highest BCUT2D eigenvalue weighted by atomic mass is 16.4. The molecule has 0 aliphatic heterocycles. The number of carboxylic acid groups (broad SMARTS) is 2. The van der Waals surface area contributed by atoms with Crippen LogP contribution in [0.15, 0.2) is 30.3 Å². The van der Waals surface area contributed by atoms with Crippen LogP contribution >= 0.6 is 0 Å². The van der Waals surface area contributed by atoms with Gasteiger partial charge < -0.3 is 10.2 Å². The molecule has 2 rings (SSSR count). The summed E-state index contributed by atoms with van der Waals surface area (Å²) in [6.07, 6.45) is 0.263. The van der Waals surface area contributed by atoms with Crippen molar-refractivity contribution in [3.05, 3.63) is 47.0 Å². The number of hydrogen-bond acceptors (Lipinski definition) is 3. The topological polar surface area (TPSA) is 91.7 Å². The van der Waals surface area contributed by atoms with Crippen molar-refractivity contribution in [2.45, 2.75) is 0 Å². The highest BCUT2D eigenvalue weighted by Gasteiger charge is 2.21. The van der Waals surface area contributed by atoms with Crippen LogP contribution < -0.4 is 0 Å². The van der Waals surface area contributed by atoms with Gasteiger partial charge >= 0.3 is 11.9 Å². The number of carbonyl (C=O) groups is 3. The third kappa shape index (κ3) is 1.71. The van der Waals surface area contributed by atoms with E-state index in [-0.39, 0.29) is 23.0 Å². The fourth-order valence-corrected chi connectivity index (χ4v) is 1.89. The number of aromatic carboxylic acids is 2. The summed E-state index contributed by atoms with van der Waals surface area (Å²) in [5.41, 5.74) is -0.893. The van der Waals surface area contributed by atoms with Crippen molar-refractivity contribution in [1.82, 2.24) is 0 Å². The van der Waals surface area contributed by atoms with Gasteiger partial charge in [0.05, 0.1) is 11.1 Å². The van der Waals surface area contributed by atoms with Gasteiger partial charge in [-0.05, 0) is 16.8 Å². The lowest BCUT2D eigenvalue weighted by atomic mass is 9.94. The minimum atomic E-state index is -1.33. The van der Waals surface area contributed by atoms with Crippen LogP contribution in [-0.2, 0) is 0 Å². The Morgan fingerprint density at radius 2 is 1.72 bits per heavy atom. The van der Waals surface area contributed by atoms with Crippen LogP contribution in [0, 0.1) is 0 Å². The first-order valence-corrected chi connectivity index (χ1v) is 5.03. The van der Waals surface area contributed by atoms with E-state index in [9.17, 15) is 14.4 Å². The molecule has 0 saturated carbocycles. The number of aldehydes is 1. The van der Waals surface area contributed by atoms with E-state index in [1.165, 1.54) is 12.1 Å². The van der Waals surface area contributed by atoms with Crippen LogP contribution in [0.25, 0.3) is 10.8 Å². The van der Waals surface area contributed by atoms with Gasteiger partial charge in [0.2, 0.25) is 0 Å². The van der Waals surface area contributed by atoms with Crippen LogP contribution in [0.4, 0.5) is 0 Å². The van der Waals surface area contributed by atoms with Crippen molar-refractivity contribution in [1.29, 1.82) is 0 Å². The second kappa shape index (κ2) is 4.29. The molecule has 0 spiro atoms. The van der Waals surface area contributed by atoms with E-state index in [0.29, 0.717) is 10.8 Å². The van der Waals surface area contributed by atoms with E-state index in [1.807, 2.05) is 0 Å². The summed E-state index contributed by atoms with van der Waals surface area (Å²) in [5, 5.41) is 19.0. The zero-order chi connectivity index (χ0) is 13.3. The minimum absolute atomic E-state index is 0.263. The molecule has 0 fully saturated rings. The highest BCUT2D eigenvalue weighted by Crippen LogP contribution is 2.25. The lowest BCUT2D eigenvalue weighted by Crippen LogP contribution is -2.10. The zero-order valence-corrected chi connectivity index (χ0v) is 9.08. The van der Waals surface area contributed by atoms with Gasteiger partial charge in [0, 0.05) is 5.56 Å². The average Bonchev–Trinajstić information content (AvgIpc) is 2.35. The van der Waals surface area contributed by atoms with Crippen molar-refractivity contribution in [2.75, 3.05) is 0 Å². The highest BCUT2D eigenvalue weighted by molar-refractivity contribution is 6.14. The number of carbonyl (C=O) groups excluding carboxylic acids is 1. The Bertz CT molecular complexity index is 672. The maximum Gasteiger partial charge on any atom is 0.337 e. The van der Waals surface area contributed by atoms with Gasteiger partial charge in [0.1, 0.15) is 0 Å². The Labute approximate surface area is 101 Å². The predicted molar refractivity (Wildman–Crippen MR) is 63.3 cm³/mol. The Morgan fingerprint density at radius 1 is 1.06 bits per heavy atom. The number of hydrogen-bond donors (Lipinski definition) is 2. The summed E-state index contributed by atoms with van der Waals surface area (Å²) in [6.45, 7) is 0. The molecule has 0 heterocycles. The van der Waals surface area contributed by atoms with Gasteiger partial charge in [0.15, 0.2) is 6.29 Å². The van der Waals surface area contributed by atoms with E-state index in [1.54, 1.807) is 18.2 Å². The van der Waals surface area contributed by atoms with Crippen LogP contribution in [0.5, 0.6) is 0 Å². The van der Waals surface area contributed by atoms with Gasteiger partial charge in [-0.2, -0.15) is 0 Å². The molecular weight excluding hydrogens is 236 g/mol. The maximum absolute atomic E-state index is 11.2. The van der Waals surface area contributed by atoms with Crippen LogP contribution in [0.2, 0.25) is 0 Å². The number of benzene rings is 2. The van der Waals surface area contributed by atoms with E-state index in [2.05, 4.69) is 0 Å². The first kappa shape index (κ1) is 11.8. The monoisotopic (exact) mass is 244 g/mol. The summed E-state index contributed by atoms with van der Waals surface area (Å²) in [7, 11) is 0. The molecule has 2 aromatic carbocycles. The number of fused-ring (bicyclic) bond motifs is 1. The number of rotatable bonds is 3. The van der Waals surface area contributed by atoms with Gasteiger partial charge in [-0.3, -0.25) is 4.79 Å². The standard InChI is InChI=1S/C13H8O5/c14-6-10-9(12(15)16)5-7-3-1-2-4-8(7)11(10)13(17)18/h1-6H,(H,15,16)(H,17,18). The fraction of sp³-hybridized carbons (Fsp3) is 0. The lowest BCUT2D eigenvalue weighted by Gasteiger charge is -2.08. The average molecular weight is 244 g/mol. The molecule has 0 radical (unpaired) electrons. The molecule has 2 aromatic rings. The molecule has 2 N–H and O–H groups in total. The summed E-state index contributed by atoms with van der Waals surface area (Å²) < 4.78 is 0. The largest absolute Gasteiger partial charge is 0.478 e. The van der Waals surface area contributed by atoms with Crippen molar-refractivity contribution >= 4 is 29.0 Å². The van der Waals surface area contributed by atoms with Gasteiger partial charge in [0.25, 0.3) is 0 Å². The molecular formula is C13H8O5. The smallest absolute Gasteiger partial charge is 0.337 e. The summed E-state index contributed by atoms with van der Waals surface area (Å²) >= 11 is 0. The molecule has 0 amide bonds. The molecule has 0 saturated heterocycles. The lowest BCUT2D eigenvalue weighted by molar-refractivity contribution is 0.0693. The van der Waals surface area contributed by atoms with Gasteiger partial charge in [-0.25, -0.2) is 9.59 Å². The first-order valence-electron chi connectivity index (χ1n) is 5.03. The van der Waals surface area contributed by atoms with Crippen LogP contribution in [0.1, 0.15) is 31.1 Å². The van der Waals surface area contributed by atoms with Crippen LogP contribution in [0.3, 0.4) is 0 Å². The van der Waals surface area contributed by atoms with E-state index in [4.69, 9.17) is 10.2 Å². The molecule has 0 atom stereocenters. The van der Waals surface area contributed by atoms with Crippen molar-refractivity contribution < 1.29 is 24.6 Å². The predicted octanol–water partition coefficient (Wildman–Crippen LogP) is 2.05. The molecule has 18 heavy (non-hydrogen) atoms. The Hall–Kier alpha value is -2.69. The van der Waals surface area contributed by atoms with Crippen molar-refractivity contribution in [3.8, 4) is 0 Å². The van der Waals surface area contributed by atoms with Gasteiger partial charge in [-0.15, -0.1) is 0 Å². The molecule has 0 bridgehead atoms. The van der Waals surface area contributed by atoms with Gasteiger partial charge in [-0.1, -0.05) is 24.3 Å². The minimum Gasteiger partial charge on any atom is -0.478 e. The third-order valence-corrected chi connectivity index (χ3v) is 2.65. The summed E-state index contributed by atoms with van der Waals surface area (Å²) in [5.74, 6) is -2.65. The summed E-state index contributed by atoms with van der Waals surface area (Å²) in [6, 6.07) is 7.73. The second-order valence-corrected chi connectivity index (χ2v) is 3.66. The van der Waals surface area contributed by atoms with E-state index >= 15 is 0 Å². The Morgan fingerprint density at radius 3 is 2.28 bits per heavy atom. The Kier molecular flexibility index (Phi) is 2.81. The molecule has 5 heteroatoms. The molecule has 0 unspecified atom stereocenters. The second-order valence-electron chi connectivity index (χ2n) is 3.66. The van der Waals surface area contributed by atoms with E-state index in [0.717, 1.165) is 0 Å². The van der Waals surface area contributed by atoms with E-state index < -0.39 is 11.9 Å². The summed E-state index contributed by atoms with van der Waals surface area (Å²) in [4.78, 5) is 33.2. The quantitative estimate of drug-likeness (QED) is 0.806. The maximum atomic E-state index is 11.2. The Balaban J connectivity index is 3.01. The first-order chi connectivity index (χ1) is 8.56. The molecule has 0 aromatic heterocycles. The van der Waals surface area contributed by atoms with Crippen LogP contribution in [-0.4, -0.2) is 28.4 Å². The van der Waals surface area contributed by atoms with Crippen molar-refractivity contribution in [2.24, 2.45) is 0 Å². The fourth-order valence-electron chi connectivity index (χ4n) is 1.89. The number of carboxylic acids is 2. The third-order valence-electron chi connectivity index (χ3n) is 2.65. The zero-order valence-electron chi connectivity index (χ0n) is 9.08.